The van der Waals surface area contributed by atoms with Crippen LogP contribution >= 0.6 is 15.9 Å². The summed E-state index contributed by atoms with van der Waals surface area (Å²) >= 11 is 3.37. The zero-order chi connectivity index (χ0) is 19.2. The second kappa shape index (κ2) is 6.64. The number of benzene rings is 2. The molecule has 1 fully saturated rings. The Bertz CT molecular complexity index is 908. The molecule has 2 aliphatic heterocycles. The number of hydrogen-bond donors (Lipinski definition) is 1. The molecule has 0 bridgehead atoms. The van der Waals surface area contributed by atoms with Gasteiger partial charge in [0.05, 0.1) is 11.3 Å². The van der Waals surface area contributed by atoms with Crippen LogP contribution in [0.2, 0.25) is 0 Å². The van der Waals surface area contributed by atoms with Crippen LogP contribution in [0.3, 0.4) is 0 Å². The summed E-state index contributed by atoms with van der Waals surface area (Å²) in [5, 5.41) is 3.08. The van der Waals surface area contributed by atoms with E-state index in [2.05, 4.69) is 21.2 Å². The fourth-order valence-electron chi connectivity index (χ4n) is 3.88. The molecule has 2 aromatic rings. The number of anilines is 1. The van der Waals surface area contributed by atoms with Crippen molar-refractivity contribution in [2.45, 2.75) is 18.5 Å². The van der Waals surface area contributed by atoms with Crippen LogP contribution in [0.15, 0.2) is 46.9 Å². The van der Waals surface area contributed by atoms with E-state index in [1.807, 2.05) is 24.1 Å². The van der Waals surface area contributed by atoms with Gasteiger partial charge in [0, 0.05) is 43.0 Å². The summed E-state index contributed by atoms with van der Waals surface area (Å²) in [5.74, 6) is -0.585. The largest absolute Gasteiger partial charge is 0.351 e. The number of fused-ring (bicyclic) bond motifs is 1. The predicted molar refractivity (Wildman–Crippen MR) is 104 cm³/mol. The number of likely N-dealkylation sites (tertiary alicyclic amines) is 1. The molecule has 2 amide bonds. The minimum atomic E-state index is -0.603. The Morgan fingerprint density at radius 3 is 2.48 bits per heavy atom. The van der Waals surface area contributed by atoms with Gasteiger partial charge in [-0.05, 0) is 42.5 Å². The topological polar surface area (TPSA) is 52.7 Å². The van der Waals surface area contributed by atoms with Gasteiger partial charge in [0.1, 0.15) is 11.5 Å². The number of halogens is 2. The number of hydrogen-bond acceptors (Lipinski definition) is 3. The first-order valence-corrected chi connectivity index (χ1v) is 9.60. The zero-order valence-corrected chi connectivity index (χ0v) is 16.4. The van der Waals surface area contributed by atoms with Gasteiger partial charge in [0.2, 0.25) is 0 Å². The summed E-state index contributed by atoms with van der Waals surface area (Å²) in [5.41, 5.74) is 1.10. The van der Waals surface area contributed by atoms with E-state index in [0.717, 1.165) is 4.47 Å². The third kappa shape index (κ3) is 3.10. The van der Waals surface area contributed by atoms with Crippen molar-refractivity contribution in [3.05, 3.63) is 63.9 Å². The van der Waals surface area contributed by atoms with Gasteiger partial charge in [0.25, 0.3) is 11.8 Å². The van der Waals surface area contributed by atoms with Gasteiger partial charge in [0.15, 0.2) is 0 Å². The van der Waals surface area contributed by atoms with Crippen LogP contribution < -0.4 is 10.2 Å². The van der Waals surface area contributed by atoms with Crippen LogP contribution in [0.4, 0.5) is 10.1 Å². The smallest absolute Gasteiger partial charge is 0.255 e. The SMILES string of the molecule is CN1c2cc(F)ccc2C(=O)NC12CCN(C(=O)c1ccc(Br)cc1)CC2. The highest BCUT2D eigenvalue weighted by Crippen LogP contribution is 2.36. The van der Waals surface area contributed by atoms with Crippen molar-refractivity contribution in [3.63, 3.8) is 0 Å². The predicted octanol–water partition coefficient (Wildman–Crippen LogP) is 3.40. The van der Waals surface area contributed by atoms with E-state index >= 15 is 0 Å². The van der Waals surface area contributed by atoms with E-state index in [9.17, 15) is 14.0 Å². The number of rotatable bonds is 1. The monoisotopic (exact) mass is 431 g/mol. The molecule has 2 heterocycles. The fourth-order valence-corrected chi connectivity index (χ4v) is 4.15. The first kappa shape index (κ1) is 18.0. The maximum Gasteiger partial charge on any atom is 0.255 e. The van der Waals surface area contributed by atoms with Crippen LogP contribution in [-0.4, -0.2) is 42.5 Å². The molecule has 0 unspecified atom stereocenters. The molecule has 2 aliphatic rings. The normalized spacial score (nSPS) is 18.3. The van der Waals surface area contributed by atoms with Crippen LogP contribution in [0.25, 0.3) is 0 Å². The highest BCUT2D eigenvalue weighted by Gasteiger charge is 2.45. The van der Waals surface area contributed by atoms with E-state index < -0.39 is 5.66 Å². The van der Waals surface area contributed by atoms with Crippen molar-refractivity contribution in [3.8, 4) is 0 Å². The molecular formula is C20H19BrFN3O2. The quantitative estimate of drug-likeness (QED) is 0.752. The number of nitrogens with one attached hydrogen (secondary N) is 1. The molecule has 0 atom stereocenters. The zero-order valence-electron chi connectivity index (χ0n) is 14.8. The van der Waals surface area contributed by atoms with Crippen LogP contribution in [0.1, 0.15) is 33.6 Å². The minimum absolute atomic E-state index is 0.0198. The highest BCUT2D eigenvalue weighted by atomic mass is 79.9. The number of piperidine rings is 1. The summed E-state index contributed by atoms with van der Waals surface area (Å²) in [6, 6.07) is 11.5. The molecular weight excluding hydrogens is 413 g/mol. The molecule has 0 aromatic heterocycles. The van der Waals surface area contributed by atoms with Crippen molar-refractivity contribution >= 4 is 33.4 Å². The van der Waals surface area contributed by atoms with Crippen molar-refractivity contribution in [2.24, 2.45) is 0 Å². The molecule has 1 saturated heterocycles. The van der Waals surface area contributed by atoms with Crippen LogP contribution in [-0.2, 0) is 0 Å². The summed E-state index contributed by atoms with van der Waals surface area (Å²) in [6.07, 6.45) is 1.15. The number of carbonyl (C=O) groups is 2. The summed E-state index contributed by atoms with van der Waals surface area (Å²) < 4.78 is 14.6. The number of carbonyl (C=O) groups excluding carboxylic acids is 2. The minimum Gasteiger partial charge on any atom is -0.351 e. The molecule has 1 N–H and O–H groups in total. The molecule has 27 heavy (non-hydrogen) atoms. The summed E-state index contributed by atoms with van der Waals surface area (Å²) in [6.45, 7) is 1.04. The molecule has 0 aliphatic carbocycles. The number of amides is 2. The van der Waals surface area contributed by atoms with Crippen LogP contribution in [0.5, 0.6) is 0 Å². The van der Waals surface area contributed by atoms with Crippen molar-refractivity contribution in [1.82, 2.24) is 10.2 Å². The Morgan fingerprint density at radius 1 is 1.15 bits per heavy atom. The summed E-state index contributed by atoms with van der Waals surface area (Å²) in [7, 11) is 1.86. The molecule has 1 spiro atoms. The van der Waals surface area contributed by atoms with Gasteiger partial charge in [-0.25, -0.2) is 4.39 Å². The molecule has 2 aromatic carbocycles. The maximum absolute atomic E-state index is 13.7. The second-order valence-electron chi connectivity index (χ2n) is 7.01. The molecule has 5 nitrogen and oxygen atoms in total. The molecule has 140 valence electrons. The van der Waals surface area contributed by atoms with Crippen molar-refractivity contribution in [2.75, 3.05) is 25.0 Å². The van der Waals surface area contributed by atoms with Gasteiger partial charge >= 0.3 is 0 Å². The molecule has 4 rings (SSSR count). The second-order valence-corrected chi connectivity index (χ2v) is 7.92. The maximum atomic E-state index is 13.7. The van der Waals surface area contributed by atoms with E-state index in [0.29, 0.717) is 42.7 Å². The van der Waals surface area contributed by atoms with Gasteiger partial charge in [-0.15, -0.1) is 0 Å². The van der Waals surface area contributed by atoms with Gasteiger partial charge < -0.3 is 15.1 Å². The Morgan fingerprint density at radius 2 is 1.81 bits per heavy atom. The first-order chi connectivity index (χ1) is 12.9. The van der Waals surface area contributed by atoms with Crippen molar-refractivity contribution < 1.29 is 14.0 Å². The van der Waals surface area contributed by atoms with Gasteiger partial charge in [-0.3, -0.25) is 9.59 Å². The number of nitrogens with zero attached hydrogens (tertiary/aromatic N) is 2. The van der Waals surface area contributed by atoms with Crippen LogP contribution in [0, 0.1) is 5.82 Å². The van der Waals surface area contributed by atoms with Crippen molar-refractivity contribution in [1.29, 1.82) is 0 Å². The molecule has 0 saturated carbocycles. The Balaban J connectivity index is 1.54. The molecule has 0 radical (unpaired) electrons. The Hall–Kier alpha value is -2.41. The van der Waals surface area contributed by atoms with Gasteiger partial charge in [-0.2, -0.15) is 0 Å². The lowest BCUT2D eigenvalue weighted by atomic mass is 9.90. The van der Waals surface area contributed by atoms with E-state index in [1.165, 1.54) is 18.2 Å². The fraction of sp³-hybridized carbons (Fsp3) is 0.300. The Labute approximate surface area is 165 Å². The third-order valence-corrected chi connectivity index (χ3v) is 6.05. The third-order valence-electron chi connectivity index (χ3n) is 5.52. The average molecular weight is 432 g/mol. The average Bonchev–Trinajstić information content (AvgIpc) is 2.67. The van der Waals surface area contributed by atoms with E-state index in [4.69, 9.17) is 0 Å². The highest BCUT2D eigenvalue weighted by molar-refractivity contribution is 9.10. The lowest BCUT2D eigenvalue weighted by molar-refractivity contribution is 0.0609. The lowest BCUT2D eigenvalue weighted by Crippen LogP contribution is -2.67. The van der Waals surface area contributed by atoms with E-state index in [-0.39, 0.29) is 17.6 Å². The standard InChI is InChI=1S/C20H19BrFN3O2/c1-24-17-12-15(22)6-7-16(17)18(26)23-20(24)8-10-25(11-9-20)19(27)13-2-4-14(21)5-3-13/h2-7,12H,8-11H2,1H3,(H,23,26). The van der Waals surface area contributed by atoms with Gasteiger partial charge in [-0.1, -0.05) is 15.9 Å². The summed E-state index contributed by atoms with van der Waals surface area (Å²) in [4.78, 5) is 29.0. The Kier molecular flexibility index (Phi) is 4.42. The lowest BCUT2D eigenvalue weighted by Gasteiger charge is -2.51. The van der Waals surface area contributed by atoms with E-state index in [1.54, 1.807) is 17.0 Å². The molecule has 7 heteroatoms. The first-order valence-electron chi connectivity index (χ1n) is 8.80.